The second-order valence-corrected chi connectivity index (χ2v) is 6.97. The van der Waals surface area contributed by atoms with Crippen molar-refractivity contribution in [3.63, 3.8) is 0 Å². The standard InChI is InChI=1S/C20H30N2O8/c1-5-27-16(23)15(17(24)28-6-2)13-9-10-14(20(13)11-12-20)22(19(26)30-8-4)21-18(25)29-7-3/h9-10,13-15H,5-8,11-12H2,1-4H3,(H,21,25)/t13-,14-/m0/s1. The van der Waals surface area contributed by atoms with Crippen molar-refractivity contribution in [3.05, 3.63) is 12.2 Å². The van der Waals surface area contributed by atoms with E-state index in [1.165, 1.54) is 0 Å². The molecule has 2 aliphatic rings. The van der Waals surface area contributed by atoms with Gasteiger partial charge in [-0.2, -0.15) is 0 Å². The lowest BCUT2D eigenvalue weighted by molar-refractivity contribution is -0.165. The van der Waals surface area contributed by atoms with Crippen LogP contribution in [0.5, 0.6) is 0 Å². The number of allylic oxidation sites excluding steroid dienone is 1. The molecular formula is C20H30N2O8. The van der Waals surface area contributed by atoms with Crippen molar-refractivity contribution in [2.75, 3.05) is 26.4 Å². The quantitative estimate of drug-likeness (QED) is 0.206. The maximum Gasteiger partial charge on any atom is 0.429 e. The van der Waals surface area contributed by atoms with Crippen LogP contribution in [0.4, 0.5) is 9.59 Å². The third-order valence-corrected chi connectivity index (χ3v) is 5.25. The lowest BCUT2D eigenvalue weighted by Crippen LogP contribution is -2.55. The number of nitrogens with zero attached hydrogens (tertiary/aromatic N) is 1. The number of hydrazine groups is 1. The van der Waals surface area contributed by atoms with Crippen LogP contribution in [0.1, 0.15) is 40.5 Å². The van der Waals surface area contributed by atoms with Gasteiger partial charge in [-0.3, -0.25) is 9.59 Å². The van der Waals surface area contributed by atoms with Gasteiger partial charge in [0.15, 0.2) is 5.92 Å². The molecular weight excluding hydrogens is 396 g/mol. The van der Waals surface area contributed by atoms with Crippen LogP contribution in [0.15, 0.2) is 12.2 Å². The second kappa shape index (κ2) is 10.3. The second-order valence-electron chi connectivity index (χ2n) is 6.97. The van der Waals surface area contributed by atoms with Gasteiger partial charge in [0.25, 0.3) is 0 Å². The zero-order valence-electron chi connectivity index (χ0n) is 17.8. The summed E-state index contributed by atoms with van der Waals surface area (Å²) in [6.07, 6.45) is 3.15. The minimum Gasteiger partial charge on any atom is -0.465 e. The fraction of sp³-hybridized carbons (Fsp3) is 0.700. The number of nitrogens with one attached hydrogen (secondary N) is 1. The van der Waals surface area contributed by atoms with Gasteiger partial charge in [0.1, 0.15) is 0 Å². The lowest BCUT2D eigenvalue weighted by Gasteiger charge is -2.35. The SMILES string of the molecule is CCOC(=O)NN(C(=O)OCC)[C@H]1C=C[C@@H](C(C(=O)OCC)C(=O)OCC)C12CC2. The van der Waals surface area contributed by atoms with E-state index in [-0.39, 0.29) is 26.4 Å². The van der Waals surface area contributed by atoms with Crippen molar-refractivity contribution < 1.29 is 38.1 Å². The molecule has 0 heterocycles. The first-order chi connectivity index (χ1) is 14.4. The predicted octanol–water partition coefficient (Wildman–Crippen LogP) is 2.18. The number of carbonyl (C=O) groups is 4. The van der Waals surface area contributed by atoms with Gasteiger partial charge in [-0.25, -0.2) is 20.0 Å². The first kappa shape index (κ1) is 23.5. The highest BCUT2D eigenvalue weighted by Crippen LogP contribution is 2.62. The molecule has 1 fully saturated rings. The van der Waals surface area contributed by atoms with E-state index in [1.807, 2.05) is 0 Å². The third kappa shape index (κ3) is 4.85. The van der Waals surface area contributed by atoms with Crippen LogP contribution in [0.3, 0.4) is 0 Å². The molecule has 0 saturated heterocycles. The van der Waals surface area contributed by atoms with Gasteiger partial charge < -0.3 is 18.9 Å². The predicted molar refractivity (Wildman–Crippen MR) is 104 cm³/mol. The highest BCUT2D eigenvalue weighted by Gasteiger charge is 2.63. The Balaban J connectivity index is 2.31. The summed E-state index contributed by atoms with van der Waals surface area (Å²) >= 11 is 0. The van der Waals surface area contributed by atoms with E-state index >= 15 is 0 Å². The summed E-state index contributed by atoms with van der Waals surface area (Å²) < 4.78 is 20.2. The van der Waals surface area contributed by atoms with Gasteiger partial charge in [-0.05, 0) is 40.5 Å². The molecule has 2 aliphatic carbocycles. The highest BCUT2D eigenvalue weighted by molar-refractivity contribution is 5.96. The van der Waals surface area contributed by atoms with Crippen LogP contribution in [0.2, 0.25) is 0 Å². The van der Waals surface area contributed by atoms with Crippen molar-refractivity contribution in [2.24, 2.45) is 17.3 Å². The molecule has 30 heavy (non-hydrogen) atoms. The third-order valence-electron chi connectivity index (χ3n) is 5.25. The van der Waals surface area contributed by atoms with Crippen molar-refractivity contribution in [2.45, 2.75) is 46.6 Å². The summed E-state index contributed by atoms with van der Waals surface area (Å²) in [5.41, 5.74) is 1.81. The summed E-state index contributed by atoms with van der Waals surface area (Å²) in [5, 5.41) is 1.07. The van der Waals surface area contributed by atoms with Gasteiger partial charge in [-0.1, -0.05) is 12.2 Å². The van der Waals surface area contributed by atoms with E-state index in [9.17, 15) is 19.2 Å². The van der Waals surface area contributed by atoms with E-state index in [0.717, 1.165) is 5.01 Å². The molecule has 168 valence electrons. The van der Waals surface area contributed by atoms with E-state index in [2.05, 4.69) is 5.43 Å². The number of rotatable bonds is 8. The fourth-order valence-corrected chi connectivity index (χ4v) is 3.90. The number of hydrogen-bond acceptors (Lipinski definition) is 8. The Morgan fingerprint density at radius 2 is 1.43 bits per heavy atom. The van der Waals surface area contributed by atoms with Crippen molar-refractivity contribution in [1.29, 1.82) is 0 Å². The molecule has 1 saturated carbocycles. The van der Waals surface area contributed by atoms with Crippen LogP contribution < -0.4 is 5.43 Å². The van der Waals surface area contributed by atoms with Crippen LogP contribution >= 0.6 is 0 Å². The van der Waals surface area contributed by atoms with Crippen LogP contribution in [0, 0.1) is 17.3 Å². The highest BCUT2D eigenvalue weighted by atomic mass is 16.6. The molecule has 0 unspecified atom stereocenters. The molecule has 0 radical (unpaired) electrons. The van der Waals surface area contributed by atoms with Gasteiger partial charge >= 0.3 is 24.1 Å². The molecule has 0 aromatic carbocycles. The number of amides is 2. The normalized spacial score (nSPS) is 20.6. The smallest absolute Gasteiger partial charge is 0.429 e. The van der Waals surface area contributed by atoms with Crippen LogP contribution in [-0.4, -0.2) is 61.6 Å². The first-order valence-corrected chi connectivity index (χ1v) is 10.3. The minimum absolute atomic E-state index is 0.112. The topological polar surface area (TPSA) is 120 Å². The molecule has 0 aromatic rings. The largest absolute Gasteiger partial charge is 0.465 e. The van der Waals surface area contributed by atoms with E-state index in [1.54, 1.807) is 39.8 Å². The molecule has 1 N–H and O–H groups in total. The van der Waals surface area contributed by atoms with Crippen molar-refractivity contribution >= 4 is 24.1 Å². The Morgan fingerprint density at radius 1 is 0.900 bits per heavy atom. The number of carbonyl (C=O) groups excluding carboxylic acids is 4. The molecule has 0 aromatic heterocycles. The van der Waals surface area contributed by atoms with E-state index < -0.39 is 47.4 Å². The molecule has 0 bridgehead atoms. The summed E-state index contributed by atoms with van der Waals surface area (Å²) in [7, 11) is 0. The average Bonchev–Trinajstić information content (AvgIpc) is 3.40. The maximum absolute atomic E-state index is 12.6. The fourth-order valence-electron chi connectivity index (χ4n) is 3.90. The Hall–Kier alpha value is -2.78. The Kier molecular flexibility index (Phi) is 8.08. The van der Waals surface area contributed by atoms with Crippen molar-refractivity contribution in [1.82, 2.24) is 10.4 Å². The maximum atomic E-state index is 12.6. The lowest BCUT2D eigenvalue weighted by atomic mass is 9.79. The number of ether oxygens (including phenoxy) is 4. The Bertz CT molecular complexity index is 670. The van der Waals surface area contributed by atoms with E-state index in [4.69, 9.17) is 18.9 Å². The van der Waals surface area contributed by atoms with Gasteiger partial charge in [-0.15, -0.1) is 0 Å². The summed E-state index contributed by atoms with van der Waals surface area (Å²) in [6.45, 7) is 7.11. The number of hydrogen-bond donors (Lipinski definition) is 1. The number of esters is 2. The summed E-state index contributed by atoms with van der Waals surface area (Å²) in [5.74, 6) is -3.03. The van der Waals surface area contributed by atoms with Gasteiger partial charge in [0, 0.05) is 11.3 Å². The Morgan fingerprint density at radius 3 is 1.90 bits per heavy atom. The summed E-state index contributed by atoms with van der Waals surface area (Å²) in [4.78, 5) is 49.7. The van der Waals surface area contributed by atoms with E-state index in [0.29, 0.717) is 12.8 Å². The molecule has 0 aliphatic heterocycles. The van der Waals surface area contributed by atoms with Crippen LogP contribution in [0.25, 0.3) is 0 Å². The zero-order valence-corrected chi connectivity index (χ0v) is 17.8. The first-order valence-electron chi connectivity index (χ1n) is 10.3. The summed E-state index contributed by atoms with van der Waals surface area (Å²) in [6, 6.07) is -0.614. The van der Waals surface area contributed by atoms with Gasteiger partial charge in [0.2, 0.25) is 0 Å². The molecule has 10 heteroatoms. The Labute approximate surface area is 175 Å². The molecule has 10 nitrogen and oxygen atoms in total. The zero-order chi connectivity index (χ0) is 22.3. The molecule has 2 rings (SSSR count). The monoisotopic (exact) mass is 426 g/mol. The minimum atomic E-state index is -1.15. The average molecular weight is 426 g/mol. The molecule has 2 amide bonds. The van der Waals surface area contributed by atoms with Crippen molar-refractivity contribution in [3.8, 4) is 0 Å². The van der Waals surface area contributed by atoms with Gasteiger partial charge in [0.05, 0.1) is 32.5 Å². The molecule has 1 spiro atoms. The van der Waals surface area contributed by atoms with Crippen LogP contribution in [-0.2, 0) is 28.5 Å². The molecule has 2 atom stereocenters.